The van der Waals surface area contributed by atoms with Crippen molar-refractivity contribution < 1.29 is 5.11 Å². The second-order valence-electron chi connectivity index (χ2n) is 5.34. The number of aryl methyl sites for hydroxylation is 3. The molecule has 0 aliphatic carbocycles. The zero-order chi connectivity index (χ0) is 15.1. The Morgan fingerprint density at radius 2 is 1.62 bits per heavy atom. The summed E-state index contributed by atoms with van der Waals surface area (Å²) in [5.74, 6) is 0.421. The number of phenolic OH excluding ortho intramolecular Hbond substituents is 1. The molecule has 0 saturated heterocycles. The van der Waals surface area contributed by atoms with E-state index >= 15 is 0 Å². The largest absolute Gasteiger partial charge is 0.508 e. The number of thiophene rings is 1. The molecule has 1 nitrogen and oxygen atoms in total. The molecule has 1 N–H and O–H groups in total. The summed E-state index contributed by atoms with van der Waals surface area (Å²) >= 11 is 5.57. The maximum Gasteiger partial charge on any atom is 0.120 e. The molecule has 21 heavy (non-hydrogen) atoms. The highest BCUT2D eigenvalue weighted by molar-refractivity contribution is 9.10. The molecule has 3 aromatic rings. The lowest BCUT2D eigenvalue weighted by Gasteiger charge is -2.09. The van der Waals surface area contributed by atoms with Gasteiger partial charge < -0.3 is 5.11 Å². The lowest BCUT2D eigenvalue weighted by atomic mass is 10.0. The van der Waals surface area contributed by atoms with Crippen LogP contribution in [-0.2, 0) is 19.3 Å². The van der Waals surface area contributed by atoms with E-state index in [2.05, 4.69) is 48.8 Å². The Labute approximate surface area is 137 Å². The monoisotopic (exact) mass is 362 g/mol. The second-order valence-corrected chi connectivity index (χ2v) is 7.19. The molecule has 3 heteroatoms. The van der Waals surface area contributed by atoms with Crippen molar-refractivity contribution in [3.8, 4) is 5.75 Å². The first-order valence-corrected chi connectivity index (χ1v) is 9.09. The Hall–Kier alpha value is -1.06. The summed E-state index contributed by atoms with van der Waals surface area (Å²) in [5, 5.41) is 12.7. The molecule has 0 fully saturated rings. The number of halogens is 1. The zero-order valence-electron chi connectivity index (χ0n) is 12.6. The number of fused-ring (bicyclic) bond motifs is 3. The van der Waals surface area contributed by atoms with Crippen LogP contribution in [0.15, 0.2) is 22.7 Å². The van der Waals surface area contributed by atoms with E-state index < -0.39 is 0 Å². The summed E-state index contributed by atoms with van der Waals surface area (Å²) in [6.07, 6.45) is 2.90. The third-order valence-corrected chi connectivity index (χ3v) is 6.40. The standard InChI is InChI=1S/C18H19BrOS/c1-4-10-7-13-14-8-11(5-2)17(19)12(6-3)18(14)21-16(13)9-15(10)20/h7-9,20H,4-6H2,1-3H3. The number of rotatable bonds is 3. The molecule has 0 spiro atoms. The molecular formula is C18H19BrOS. The fraction of sp³-hybridized carbons (Fsp3) is 0.333. The van der Waals surface area contributed by atoms with Gasteiger partial charge in [0.25, 0.3) is 0 Å². The first kappa shape index (κ1) is 14.9. The Morgan fingerprint density at radius 1 is 0.952 bits per heavy atom. The Balaban J connectivity index is 2.47. The lowest BCUT2D eigenvalue weighted by Crippen LogP contribution is -1.90. The van der Waals surface area contributed by atoms with Gasteiger partial charge in [0.2, 0.25) is 0 Å². The van der Waals surface area contributed by atoms with Crippen LogP contribution in [0.4, 0.5) is 0 Å². The molecule has 0 aliphatic heterocycles. The topological polar surface area (TPSA) is 20.2 Å². The molecular weight excluding hydrogens is 344 g/mol. The van der Waals surface area contributed by atoms with E-state index in [-0.39, 0.29) is 0 Å². The van der Waals surface area contributed by atoms with Crippen LogP contribution < -0.4 is 0 Å². The van der Waals surface area contributed by atoms with Crippen molar-refractivity contribution in [1.82, 2.24) is 0 Å². The molecule has 0 atom stereocenters. The molecule has 0 bridgehead atoms. The van der Waals surface area contributed by atoms with Crippen molar-refractivity contribution >= 4 is 47.4 Å². The van der Waals surface area contributed by atoms with Gasteiger partial charge in [0.15, 0.2) is 0 Å². The van der Waals surface area contributed by atoms with Gasteiger partial charge in [0.05, 0.1) is 0 Å². The molecule has 0 amide bonds. The van der Waals surface area contributed by atoms with Gasteiger partial charge in [-0.2, -0.15) is 0 Å². The average molecular weight is 363 g/mol. The average Bonchev–Trinajstić information content (AvgIpc) is 2.82. The van der Waals surface area contributed by atoms with E-state index in [1.807, 2.05) is 6.07 Å². The fourth-order valence-corrected chi connectivity index (χ4v) is 5.27. The van der Waals surface area contributed by atoms with E-state index in [4.69, 9.17) is 0 Å². The highest BCUT2D eigenvalue weighted by Crippen LogP contribution is 2.42. The number of hydrogen-bond acceptors (Lipinski definition) is 2. The van der Waals surface area contributed by atoms with Crippen molar-refractivity contribution in [2.45, 2.75) is 40.0 Å². The van der Waals surface area contributed by atoms with Gasteiger partial charge in [-0.1, -0.05) is 36.7 Å². The summed E-state index contributed by atoms with van der Waals surface area (Å²) in [5.41, 5.74) is 3.79. The van der Waals surface area contributed by atoms with Crippen LogP contribution in [0.1, 0.15) is 37.5 Å². The van der Waals surface area contributed by atoms with Crippen LogP contribution in [0, 0.1) is 0 Å². The third kappa shape index (κ3) is 2.27. The van der Waals surface area contributed by atoms with Crippen LogP contribution in [0.5, 0.6) is 5.75 Å². The van der Waals surface area contributed by atoms with E-state index in [1.54, 1.807) is 11.3 Å². The number of aromatic hydroxyl groups is 1. The maximum absolute atomic E-state index is 10.1. The maximum atomic E-state index is 10.1. The van der Waals surface area contributed by atoms with Crippen LogP contribution in [0.3, 0.4) is 0 Å². The Bertz CT molecular complexity index is 832. The Morgan fingerprint density at radius 3 is 2.24 bits per heavy atom. The van der Waals surface area contributed by atoms with Crippen molar-refractivity contribution in [3.63, 3.8) is 0 Å². The van der Waals surface area contributed by atoms with Crippen molar-refractivity contribution in [1.29, 1.82) is 0 Å². The van der Waals surface area contributed by atoms with Gasteiger partial charge in [-0.25, -0.2) is 0 Å². The van der Waals surface area contributed by atoms with E-state index in [9.17, 15) is 5.11 Å². The molecule has 0 unspecified atom stereocenters. The van der Waals surface area contributed by atoms with E-state index in [0.717, 1.165) is 24.8 Å². The van der Waals surface area contributed by atoms with Gasteiger partial charge in [-0.05, 0) is 54.2 Å². The second kappa shape index (κ2) is 5.62. The molecule has 2 aromatic carbocycles. The van der Waals surface area contributed by atoms with Crippen molar-refractivity contribution in [2.24, 2.45) is 0 Å². The highest BCUT2D eigenvalue weighted by Gasteiger charge is 2.15. The number of benzene rings is 2. The summed E-state index contributed by atoms with van der Waals surface area (Å²) in [7, 11) is 0. The molecule has 3 rings (SSSR count). The fourth-order valence-electron chi connectivity index (χ4n) is 2.95. The van der Waals surface area contributed by atoms with Gasteiger partial charge in [-0.15, -0.1) is 11.3 Å². The normalized spacial score (nSPS) is 11.6. The predicted octanol–water partition coefficient (Wildman–Crippen LogP) is 6.21. The smallest absolute Gasteiger partial charge is 0.120 e. The summed E-state index contributed by atoms with van der Waals surface area (Å²) in [6.45, 7) is 6.49. The molecule has 0 saturated carbocycles. The molecule has 1 heterocycles. The predicted molar refractivity (Wildman–Crippen MR) is 96.8 cm³/mol. The summed E-state index contributed by atoms with van der Waals surface area (Å²) in [4.78, 5) is 0. The SMILES string of the molecule is CCc1cc2c(cc1O)sc1c(CC)c(Br)c(CC)cc12. The third-order valence-electron chi connectivity index (χ3n) is 4.18. The van der Waals surface area contributed by atoms with Gasteiger partial charge >= 0.3 is 0 Å². The molecule has 0 aliphatic rings. The van der Waals surface area contributed by atoms with Gasteiger partial charge in [-0.3, -0.25) is 0 Å². The van der Waals surface area contributed by atoms with Gasteiger partial charge in [0, 0.05) is 24.6 Å². The first-order valence-electron chi connectivity index (χ1n) is 7.48. The lowest BCUT2D eigenvalue weighted by molar-refractivity contribution is 0.470. The molecule has 1 aromatic heterocycles. The van der Waals surface area contributed by atoms with Crippen LogP contribution in [0.2, 0.25) is 0 Å². The number of phenols is 1. The van der Waals surface area contributed by atoms with Crippen LogP contribution >= 0.6 is 27.3 Å². The first-order chi connectivity index (χ1) is 10.1. The zero-order valence-corrected chi connectivity index (χ0v) is 15.0. The summed E-state index contributed by atoms with van der Waals surface area (Å²) in [6, 6.07) is 6.40. The van der Waals surface area contributed by atoms with Crippen molar-refractivity contribution in [2.75, 3.05) is 0 Å². The van der Waals surface area contributed by atoms with Crippen molar-refractivity contribution in [3.05, 3.63) is 39.4 Å². The highest BCUT2D eigenvalue weighted by atomic mass is 79.9. The van der Waals surface area contributed by atoms with E-state index in [1.165, 1.54) is 35.8 Å². The quantitative estimate of drug-likeness (QED) is 0.587. The minimum absolute atomic E-state index is 0.421. The van der Waals surface area contributed by atoms with E-state index in [0.29, 0.717) is 5.75 Å². The minimum Gasteiger partial charge on any atom is -0.508 e. The Kier molecular flexibility index (Phi) is 3.98. The molecule has 0 radical (unpaired) electrons. The van der Waals surface area contributed by atoms with Crippen LogP contribution in [0.25, 0.3) is 20.2 Å². The number of hydrogen-bond donors (Lipinski definition) is 1. The van der Waals surface area contributed by atoms with Gasteiger partial charge in [0.1, 0.15) is 5.75 Å². The summed E-state index contributed by atoms with van der Waals surface area (Å²) < 4.78 is 3.78. The van der Waals surface area contributed by atoms with Crippen LogP contribution in [-0.4, -0.2) is 5.11 Å². The minimum atomic E-state index is 0.421. The molecule has 110 valence electrons.